The average molecular weight is 252 g/mol. The lowest BCUT2D eigenvalue weighted by molar-refractivity contribution is -0.0385. The van der Waals surface area contributed by atoms with E-state index in [1.807, 2.05) is 6.92 Å². The Morgan fingerprint density at radius 3 is 2.78 bits per heavy atom. The van der Waals surface area contributed by atoms with Crippen molar-refractivity contribution in [2.45, 2.75) is 38.4 Å². The lowest BCUT2D eigenvalue weighted by atomic mass is 9.78. The molecule has 1 aliphatic rings. The molecule has 0 spiro atoms. The molecule has 1 saturated carbocycles. The van der Waals surface area contributed by atoms with Gasteiger partial charge in [0.15, 0.2) is 0 Å². The normalized spacial score (nSPS) is 24.4. The molecule has 100 valence electrons. The molecule has 18 heavy (non-hydrogen) atoms. The fourth-order valence-corrected chi connectivity index (χ4v) is 2.39. The third kappa shape index (κ3) is 2.97. The van der Waals surface area contributed by atoms with Crippen molar-refractivity contribution in [1.82, 2.24) is 9.97 Å². The number of methoxy groups -OCH3 is 1. The SMILES string of the molecule is CCOC1CC(CC(O)c2nccnc2OC)C1. The number of aliphatic hydroxyl groups excluding tert-OH is 1. The van der Waals surface area contributed by atoms with Gasteiger partial charge in [0.2, 0.25) is 5.88 Å². The van der Waals surface area contributed by atoms with E-state index in [4.69, 9.17) is 9.47 Å². The number of aromatic nitrogens is 2. The van der Waals surface area contributed by atoms with Gasteiger partial charge < -0.3 is 14.6 Å². The summed E-state index contributed by atoms with van der Waals surface area (Å²) in [7, 11) is 1.54. The summed E-state index contributed by atoms with van der Waals surface area (Å²) < 4.78 is 10.6. The fraction of sp³-hybridized carbons (Fsp3) is 0.692. The fourth-order valence-electron chi connectivity index (χ4n) is 2.39. The lowest BCUT2D eigenvalue weighted by Crippen LogP contribution is -2.32. The molecule has 0 aliphatic heterocycles. The standard InChI is InChI=1S/C13H20N2O3/c1-3-18-10-6-9(7-10)8-11(16)12-13(17-2)15-5-4-14-12/h4-5,9-11,16H,3,6-8H2,1-2H3. The minimum Gasteiger partial charge on any atom is -0.480 e. The van der Waals surface area contributed by atoms with E-state index >= 15 is 0 Å². The highest BCUT2D eigenvalue weighted by atomic mass is 16.5. The molecule has 0 radical (unpaired) electrons. The molecule has 0 bridgehead atoms. The summed E-state index contributed by atoms with van der Waals surface area (Å²) in [4.78, 5) is 8.19. The highest BCUT2D eigenvalue weighted by Gasteiger charge is 2.32. The molecule has 0 saturated heterocycles. The Labute approximate surface area is 107 Å². The zero-order valence-electron chi connectivity index (χ0n) is 10.9. The second-order valence-electron chi connectivity index (χ2n) is 4.62. The number of hydrogen-bond donors (Lipinski definition) is 1. The van der Waals surface area contributed by atoms with Crippen LogP contribution in [0.5, 0.6) is 5.88 Å². The number of aliphatic hydroxyl groups is 1. The van der Waals surface area contributed by atoms with Crippen molar-refractivity contribution in [3.8, 4) is 5.88 Å². The van der Waals surface area contributed by atoms with Gasteiger partial charge in [0.1, 0.15) is 11.8 Å². The first-order valence-corrected chi connectivity index (χ1v) is 6.39. The van der Waals surface area contributed by atoms with E-state index in [0.29, 0.717) is 30.0 Å². The summed E-state index contributed by atoms with van der Waals surface area (Å²) in [5.41, 5.74) is 0.528. The highest BCUT2D eigenvalue weighted by Crippen LogP contribution is 2.37. The summed E-state index contributed by atoms with van der Waals surface area (Å²) >= 11 is 0. The molecule has 1 fully saturated rings. The number of rotatable bonds is 6. The Kier molecular flexibility index (Phi) is 4.49. The molecule has 0 aromatic carbocycles. The number of hydrogen-bond acceptors (Lipinski definition) is 5. The van der Waals surface area contributed by atoms with E-state index in [2.05, 4.69) is 9.97 Å². The Bertz CT molecular complexity index is 380. The third-order valence-corrected chi connectivity index (χ3v) is 3.35. The maximum atomic E-state index is 10.2. The molecule has 1 atom stereocenters. The van der Waals surface area contributed by atoms with Crippen molar-refractivity contribution in [2.24, 2.45) is 5.92 Å². The Morgan fingerprint density at radius 1 is 1.39 bits per heavy atom. The van der Waals surface area contributed by atoms with Crippen molar-refractivity contribution < 1.29 is 14.6 Å². The monoisotopic (exact) mass is 252 g/mol. The topological polar surface area (TPSA) is 64.5 Å². The summed E-state index contributed by atoms with van der Waals surface area (Å²) in [5, 5.41) is 10.2. The predicted octanol–water partition coefficient (Wildman–Crippen LogP) is 1.72. The summed E-state index contributed by atoms with van der Waals surface area (Å²) in [6.45, 7) is 2.77. The van der Waals surface area contributed by atoms with E-state index in [9.17, 15) is 5.11 Å². The second kappa shape index (κ2) is 6.11. The molecular formula is C13H20N2O3. The zero-order valence-corrected chi connectivity index (χ0v) is 10.9. The van der Waals surface area contributed by atoms with Crippen LogP contribution in [0.1, 0.15) is 38.0 Å². The van der Waals surface area contributed by atoms with Gasteiger partial charge in [-0.1, -0.05) is 0 Å². The molecule has 5 nitrogen and oxygen atoms in total. The molecule has 5 heteroatoms. The largest absolute Gasteiger partial charge is 0.480 e. The van der Waals surface area contributed by atoms with Gasteiger partial charge in [0.05, 0.1) is 13.2 Å². The van der Waals surface area contributed by atoms with E-state index in [1.54, 1.807) is 12.4 Å². The van der Waals surface area contributed by atoms with Gasteiger partial charge in [0.25, 0.3) is 0 Å². The van der Waals surface area contributed by atoms with Crippen LogP contribution in [0.2, 0.25) is 0 Å². The highest BCUT2D eigenvalue weighted by molar-refractivity contribution is 5.19. The van der Waals surface area contributed by atoms with Crippen molar-refractivity contribution in [3.05, 3.63) is 18.1 Å². The van der Waals surface area contributed by atoms with E-state index in [1.165, 1.54) is 7.11 Å². The van der Waals surface area contributed by atoms with Crippen LogP contribution in [0, 0.1) is 5.92 Å². The maximum Gasteiger partial charge on any atom is 0.238 e. The van der Waals surface area contributed by atoms with Crippen LogP contribution < -0.4 is 4.74 Å². The van der Waals surface area contributed by atoms with Crippen LogP contribution in [0.3, 0.4) is 0 Å². The Morgan fingerprint density at radius 2 is 2.11 bits per heavy atom. The van der Waals surface area contributed by atoms with Crippen molar-refractivity contribution in [2.75, 3.05) is 13.7 Å². The molecule has 1 aromatic heterocycles. The smallest absolute Gasteiger partial charge is 0.238 e. The number of nitrogens with zero attached hydrogens (tertiary/aromatic N) is 2. The Balaban J connectivity index is 1.87. The van der Waals surface area contributed by atoms with Crippen molar-refractivity contribution in [3.63, 3.8) is 0 Å². The molecule has 1 heterocycles. The van der Waals surface area contributed by atoms with E-state index in [-0.39, 0.29) is 0 Å². The Hall–Kier alpha value is -1.20. The van der Waals surface area contributed by atoms with Gasteiger partial charge in [-0.2, -0.15) is 0 Å². The summed E-state index contributed by atoms with van der Waals surface area (Å²) in [6.07, 6.45) is 5.63. The summed E-state index contributed by atoms with van der Waals surface area (Å²) in [5.74, 6) is 0.911. The molecule has 1 unspecified atom stereocenters. The zero-order chi connectivity index (χ0) is 13.0. The van der Waals surface area contributed by atoms with Crippen LogP contribution in [-0.4, -0.2) is 34.9 Å². The quantitative estimate of drug-likeness (QED) is 0.835. The van der Waals surface area contributed by atoms with Gasteiger partial charge in [-0.3, -0.25) is 4.98 Å². The second-order valence-corrected chi connectivity index (χ2v) is 4.62. The molecule has 0 amide bonds. The van der Waals surface area contributed by atoms with E-state index in [0.717, 1.165) is 19.4 Å². The first kappa shape index (κ1) is 13.2. The van der Waals surface area contributed by atoms with Crippen molar-refractivity contribution in [1.29, 1.82) is 0 Å². The molecule has 1 aromatic rings. The van der Waals surface area contributed by atoms with Gasteiger partial charge in [-0.05, 0) is 32.1 Å². The molecule has 2 rings (SSSR count). The van der Waals surface area contributed by atoms with Crippen LogP contribution >= 0.6 is 0 Å². The molecule has 1 N–H and O–H groups in total. The van der Waals surface area contributed by atoms with Crippen LogP contribution in [-0.2, 0) is 4.74 Å². The van der Waals surface area contributed by atoms with Gasteiger partial charge in [-0.15, -0.1) is 0 Å². The third-order valence-electron chi connectivity index (χ3n) is 3.35. The summed E-state index contributed by atoms with van der Waals surface area (Å²) in [6, 6.07) is 0. The van der Waals surface area contributed by atoms with Crippen LogP contribution in [0.4, 0.5) is 0 Å². The van der Waals surface area contributed by atoms with Crippen LogP contribution in [0.25, 0.3) is 0 Å². The van der Waals surface area contributed by atoms with Gasteiger partial charge in [0, 0.05) is 19.0 Å². The first-order chi connectivity index (χ1) is 8.74. The minimum atomic E-state index is -0.610. The van der Waals surface area contributed by atoms with Gasteiger partial charge >= 0.3 is 0 Å². The lowest BCUT2D eigenvalue weighted by Gasteiger charge is -2.35. The minimum absolute atomic E-state index is 0.371. The first-order valence-electron chi connectivity index (χ1n) is 6.39. The predicted molar refractivity (Wildman–Crippen MR) is 66.3 cm³/mol. The van der Waals surface area contributed by atoms with Crippen molar-refractivity contribution >= 4 is 0 Å². The molecule has 1 aliphatic carbocycles. The van der Waals surface area contributed by atoms with Gasteiger partial charge in [-0.25, -0.2) is 4.98 Å². The average Bonchev–Trinajstić information content (AvgIpc) is 2.36. The van der Waals surface area contributed by atoms with Crippen LogP contribution in [0.15, 0.2) is 12.4 Å². The molecular weight excluding hydrogens is 232 g/mol. The number of ether oxygens (including phenoxy) is 2. The van der Waals surface area contributed by atoms with E-state index < -0.39 is 6.10 Å². The maximum absolute atomic E-state index is 10.2.